The summed E-state index contributed by atoms with van der Waals surface area (Å²) in [5.41, 5.74) is 2.33. The third-order valence-electron chi connectivity index (χ3n) is 3.37. The zero-order valence-electron chi connectivity index (χ0n) is 13.5. The van der Waals surface area contributed by atoms with Crippen LogP contribution in [0, 0.1) is 6.54 Å². The van der Waals surface area contributed by atoms with Crippen LogP contribution in [-0.2, 0) is 57.5 Å². The first-order chi connectivity index (χ1) is 11.1. The van der Waals surface area contributed by atoms with E-state index in [1.54, 1.807) is 25.7 Å². The maximum atomic E-state index is 12.2. The predicted octanol–water partition coefficient (Wildman–Crippen LogP) is 0.997. The fraction of sp³-hybridized carbons (Fsp3) is 0.250. The molecule has 1 radical (unpaired) electrons. The minimum atomic E-state index is -0.519. The second-order valence-electron chi connectivity index (χ2n) is 4.87. The van der Waals surface area contributed by atoms with Gasteiger partial charge in [0.05, 0.1) is 25.5 Å². The molecule has 0 bridgehead atoms. The van der Waals surface area contributed by atoms with Crippen molar-refractivity contribution in [2.24, 2.45) is 7.05 Å². The number of amides is 1. The van der Waals surface area contributed by atoms with Gasteiger partial charge in [0.25, 0.3) is 5.56 Å². The quantitative estimate of drug-likeness (QED) is 0.724. The van der Waals surface area contributed by atoms with E-state index in [9.17, 15) is 14.7 Å². The van der Waals surface area contributed by atoms with Crippen LogP contribution < -0.4 is 10.9 Å². The van der Waals surface area contributed by atoms with Crippen LogP contribution in [0.3, 0.4) is 0 Å². The summed E-state index contributed by atoms with van der Waals surface area (Å²) in [6.45, 7) is 1.34. The van der Waals surface area contributed by atoms with Gasteiger partial charge in [-0.3, -0.25) is 4.79 Å². The number of methoxy groups -OCH3 is 1. The SMILES string of the molecule is COC(=O)N[CH-]Cc1ccc(-c2c(CO)cnn(C)c2=O)cc1.[Y]. The monoisotopic (exact) mass is 405 g/mol. The Hall–Kier alpha value is -1.57. The number of aryl methyl sites for hydroxylation is 1. The van der Waals surface area contributed by atoms with E-state index in [0.717, 1.165) is 5.56 Å². The molecule has 0 aliphatic rings. The van der Waals surface area contributed by atoms with E-state index in [-0.39, 0.29) is 44.9 Å². The first kappa shape index (κ1) is 20.5. The van der Waals surface area contributed by atoms with E-state index < -0.39 is 6.09 Å². The Bertz CT molecular complexity index is 744. The average Bonchev–Trinajstić information content (AvgIpc) is 2.57. The van der Waals surface area contributed by atoms with Crippen LogP contribution in [0.2, 0.25) is 0 Å². The summed E-state index contributed by atoms with van der Waals surface area (Å²) < 4.78 is 5.70. The van der Waals surface area contributed by atoms with Gasteiger partial charge in [-0.1, -0.05) is 29.8 Å². The summed E-state index contributed by atoms with van der Waals surface area (Å²) in [6, 6.07) is 7.31. The Labute approximate surface area is 164 Å². The Morgan fingerprint density at radius 1 is 1.38 bits per heavy atom. The summed E-state index contributed by atoms with van der Waals surface area (Å²) >= 11 is 0. The molecule has 0 saturated carbocycles. The van der Waals surface area contributed by atoms with E-state index in [0.29, 0.717) is 23.1 Å². The predicted molar refractivity (Wildman–Crippen MR) is 84.4 cm³/mol. The summed E-state index contributed by atoms with van der Waals surface area (Å²) in [4.78, 5) is 23.2. The van der Waals surface area contributed by atoms with Crippen LogP contribution in [0.15, 0.2) is 35.3 Å². The summed E-state index contributed by atoms with van der Waals surface area (Å²) in [6.07, 6.45) is 1.49. The molecule has 0 aliphatic carbocycles. The maximum Gasteiger partial charge on any atom is 0.377 e. The smallest absolute Gasteiger partial charge is 0.377 e. The third kappa shape index (κ3) is 4.96. The molecule has 1 amide bonds. The fourth-order valence-corrected chi connectivity index (χ4v) is 2.12. The van der Waals surface area contributed by atoms with Crippen LogP contribution in [-0.4, -0.2) is 28.1 Å². The molecule has 0 unspecified atom stereocenters. The minimum Gasteiger partial charge on any atom is -0.470 e. The van der Waals surface area contributed by atoms with Crippen LogP contribution in [0.1, 0.15) is 11.1 Å². The van der Waals surface area contributed by atoms with Crippen LogP contribution in [0.4, 0.5) is 4.79 Å². The molecule has 1 heterocycles. The van der Waals surface area contributed by atoms with Crippen molar-refractivity contribution in [2.75, 3.05) is 7.11 Å². The molecule has 2 N–H and O–H groups in total. The summed E-state index contributed by atoms with van der Waals surface area (Å²) in [7, 11) is 2.86. The Kier molecular flexibility index (Phi) is 8.24. The van der Waals surface area contributed by atoms with Crippen LogP contribution in [0.25, 0.3) is 11.1 Å². The van der Waals surface area contributed by atoms with Gasteiger partial charge in [0.1, 0.15) is 0 Å². The number of nitrogens with one attached hydrogen (secondary N) is 1. The number of hydrogen-bond donors (Lipinski definition) is 2. The molecule has 2 aromatic rings. The van der Waals surface area contributed by atoms with Gasteiger partial charge in [-0.2, -0.15) is 5.10 Å². The Morgan fingerprint density at radius 2 is 2.04 bits per heavy atom. The zero-order valence-corrected chi connectivity index (χ0v) is 16.4. The molecule has 0 saturated heterocycles. The van der Waals surface area contributed by atoms with E-state index in [2.05, 4.69) is 15.2 Å². The maximum absolute atomic E-state index is 12.2. The zero-order chi connectivity index (χ0) is 16.8. The number of rotatable bonds is 5. The second kappa shape index (κ2) is 9.66. The molecule has 0 aliphatic heterocycles. The molecule has 7 nitrogen and oxygen atoms in total. The number of aromatic nitrogens is 2. The molecule has 24 heavy (non-hydrogen) atoms. The third-order valence-corrected chi connectivity index (χ3v) is 3.37. The second-order valence-corrected chi connectivity index (χ2v) is 4.87. The number of ether oxygens (including phenoxy) is 1. The van der Waals surface area contributed by atoms with Gasteiger partial charge in [0.15, 0.2) is 0 Å². The number of carbonyl (C=O) groups is 1. The van der Waals surface area contributed by atoms with Crippen LogP contribution in [0.5, 0.6) is 0 Å². The number of aliphatic hydroxyl groups is 1. The van der Waals surface area contributed by atoms with E-state index in [1.807, 2.05) is 12.1 Å². The fourth-order valence-electron chi connectivity index (χ4n) is 2.12. The van der Waals surface area contributed by atoms with E-state index in [4.69, 9.17) is 0 Å². The van der Waals surface area contributed by atoms with Crippen molar-refractivity contribution in [3.63, 3.8) is 0 Å². The first-order valence-electron chi connectivity index (χ1n) is 6.98. The van der Waals surface area contributed by atoms with Gasteiger partial charge in [0.2, 0.25) is 0 Å². The number of benzene rings is 1. The summed E-state index contributed by atoms with van der Waals surface area (Å²) in [5.74, 6) is 0. The van der Waals surface area contributed by atoms with Crippen molar-refractivity contribution in [1.29, 1.82) is 0 Å². The van der Waals surface area contributed by atoms with E-state index in [1.165, 1.54) is 18.0 Å². The molecule has 0 atom stereocenters. The van der Waals surface area contributed by atoms with Crippen molar-refractivity contribution in [3.8, 4) is 11.1 Å². The van der Waals surface area contributed by atoms with Crippen LogP contribution >= 0.6 is 0 Å². The molecule has 2 rings (SSSR count). The molecule has 0 fully saturated rings. The number of alkyl carbamates (subject to hydrolysis) is 1. The van der Waals surface area contributed by atoms with Crippen molar-refractivity contribution in [1.82, 2.24) is 15.1 Å². The largest absolute Gasteiger partial charge is 0.470 e. The van der Waals surface area contributed by atoms with Gasteiger partial charge in [0, 0.05) is 45.3 Å². The normalized spacial score (nSPS) is 9.96. The standard InChI is InChI=1S/C16H18N3O4.Y/c1-19-15(21)14(13(10-20)9-18-19)12-5-3-11(4-6-12)7-8-17-16(22)23-2;/h3-6,8-9,20H,7,10H2,1-2H3,(H,17,22);/q-1;. The average molecular weight is 405 g/mol. The molecule has 1 aromatic heterocycles. The molecule has 1 aromatic carbocycles. The molecule has 8 heteroatoms. The van der Waals surface area contributed by atoms with Crippen molar-refractivity contribution in [3.05, 3.63) is 58.5 Å². The van der Waals surface area contributed by atoms with Gasteiger partial charge in [-0.25, -0.2) is 16.0 Å². The van der Waals surface area contributed by atoms with E-state index >= 15 is 0 Å². The van der Waals surface area contributed by atoms with Gasteiger partial charge < -0.3 is 15.2 Å². The first-order valence-corrected chi connectivity index (χ1v) is 6.98. The molecular formula is C16H18N3O4Y-. The Morgan fingerprint density at radius 3 is 2.62 bits per heavy atom. The van der Waals surface area contributed by atoms with Gasteiger partial charge >= 0.3 is 6.09 Å². The number of hydrogen-bond acceptors (Lipinski definition) is 5. The molecule has 0 spiro atoms. The van der Waals surface area contributed by atoms with Crippen molar-refractivity contribution in [2.45, 2.75) is 13.0 Å². The minimum absolute atomic E-state index is 0. The van der Waals surface area contributed by atoms with Crippen molar-refractivity contribution < 1.29 is 47.3 Å². The van der Waals surface area contributed by atoms with Gasteiger partial charge in [-0.15, -0.1) is 6.42 Å². The number of aliphatic hydroxyl groups excluding tert-OH is 1. The van der Waals surface area contributed by atoms with Gasteiger partial charge in [-0.05, 0) is 5.56 Å². The molecule has 125 valence electrons. The summed E-state index contributed by atoms with van der Waals surface area (Å²) in [5, 5.41) is 15.8. The van der Waals surface area contributed by atoms with Crippen molar-refractivity contribution >= 4 is 6.09 Å². The number of nitrogens with zero attached hydrogens (tertiary/aromatic N) is 2. The Balaban J connectivity index is 0.00000288. The molecular weight excluding hydrogens is 387 g/mol. The number of carbonyl (C=O) groups excluding carboxylic acids is 1. The topological polar surface area (TPSA) is 93.4 Å².